The van der Waals surface area contributed by atoms with Gasteiger partial charge in [0.15, 0.2) is 0 Å². The second-order valence-electron chi connectivity index (χ2n) is 23.9. The van der Waals surface area contributed by atoms with Crippen molar-refractivity contribution in [1.29, 1.82) is 0 Å². The van der Waals surface area contributed by atoms with Gasteiger partial charge < -0.3 is 33.2 Å². The Morgan fingerprint density at radius 3 is 1.77 bits per heavy atom. The first-order valence-electron chi connectivity index (χ1n) is 27.5. The number of hydrogen-bond donors (Lipinski definition) is 0. The van der Waals surface area contributed by atoms with Crippen molar-refractivity contribution < 1.29 is 73.6 Å². The molecule has 8 nitrogen and oxygen atoms in total. The van der Waals surface area contributed by atoms with Gasteiger partial charge in [-0.05, 0) is 88.6 Å². The molecule has 0 bridgehead atoms. The average Bonchev–Trinajstić information content (AvgIpc) is 3.00. The molecule has 0 unspecified atom stereocenters. The van der Waals surface area contributed by atoms with Gasteiger partial charge in [-0.1, -0.05) is 190 Å². The van der Waals surface area contributed by atoms with Crippen molar-refractivity contribution in [3.05, 3.63) is 199 Å². The van der Waals surface area contributed by atoms with Crippen LogP contribution < -0.4 is 20.7 Å². The van der Waals surface area contributed by atoms with Gasteiger partial charge in [0, 0.05) is 101 Å². The van der Waals surface area contributed by atoms with E-state index in [1.54, 1.807) is 0 Å². The minimum Gasteiger partial charge on any atom is -0.501 e. The molecule has 5 aromatic carbocycles. The summed E-state index contributed by atoms with van der Waals surface area (Å²) in [7, 11) is -4.53. The van der Waals surface area contributed by atoms with Crippen molar-refractivity contribution in [3.8, 4) is 33.8 Å². The van der Waals surface area contributed by atoms with Crippen molar-refractivity contribution in [2.24, 2.45) is 5.92 Å². The molecular weight excluding hydrogens is 1610 g/mol. The Kier molecular flexibility index (Phi) is 19.4. The van der Waals surface area contributed by atoms with Gasteiger partial charge >= 0.3 is 0 Å². The zero-order valence-corrected chi connectivity index (χ0v) is 59.0. The third-order valence-electron chi connectivity index (χ3n) is 15.0. The predicted octanol–water partition coefficient (Wildman–Crippen LogP) is 15.9. The fraction of sp³-hybridized carbons (Fsp3) is 0.203. The van der Waals surface area contributed by atoms with E-state index in [4.69, 9.17) is 23.2 Å². The first kappa shape index (κ1) is 62.9. The quantitative estimate of drug-likeness (QED) is 0.104. The summed E-state index contributed by atoms with van der Waals surface area (Å²) >= 11 is 0. The fourth-order valence-electron chi connectivity index (χ4n) is 10.6. The summed E-state index contributed by atoms with van der Waals surface area (Å²) in [5, 5.41) is 12.1. The molecule has 0 amide bonds. The number of benzene rings is 5. The van der Waals surface area contributed by atoms with E-state index in [0.29, 0.717) is 11.6 Å². The molecule has 13 rings (SSSR count). The number of aryl methyl sites for hydroxylation is 2. The maximum Gasteiger partial charge on any atom is 0.142 e. The number of nitrogens with zero attached hydrogens (tertiary/aromatic N) is 5. The molecule has 0 fully saturated rings. The number of hydrogen-bond acceptors (Lipinski definition) is 8. The van der Waals surface area contributed by atoms with Crippen molar-refractivity contribution >= 4 is 111 Å². The van der Waals surface area contributed by atoms with Crippen LogP contribution in [0.1, 0.15) is 30.8 Å². The van der Waals surface area contributed by atoms with Crippen LogP contribution in [0.5, 0.6) is 0 Å². The minimum absolute atomic E-state index is 0. The maximum absolute atomic E-state index is 6.14. The Bertz CT molecular complexity index is 4400. The summed E-state index contributed by atoms with van der Waals surface area (Å²) in [6.45, 7) is 27.4. The zero-order valence-electron chi connectivity index (χ0n) is 48.8. The normalized spacial score (nSPS) is 11.7. The Balaban J connectivity index is 0.000000160. The molecule has 8 aromatic heterocycles. The number of rotatable bonds is 9. The van der Waals surface area contributed by atoms with E-state index in [1.807, 2.05) is 74.8 Å². The summed E-state index contributed by atoms with van der Waals surface area (Å²) in [5.74, 6) is 0.609. The van der Waals surface area contributed by atoms with Gasteiger partial charge in [0.1, 0.15) is 30.5 Å². The van der Waals surface area contributed by atoms with Crippen LogP contribution >= 0.6 is 0 Å². The van der Waals surface area contributed by atoms with Crippen LogP contribution in [-0.2, 0) is 66.7 Å². The van der Waals surface area contributed by atoms with Gasteiger partial charge in [-0.15, -0.1) is 53.6 Å². The third-order valence-corrected chi connectivity index (χ3v) is 22.7. The van der Waals surface area contributed by atoms with Gasteiger partial charge in [0.25, 0.3) is 0 Å². The molecule has 0 N–H and O–H groups in total. The number of para-hydroxylation sites is 2. The number of fused-ring (bicyclic) bond motifs is 9. The molecular formula is C69H66Ir3N5O3Si3-3. The van der Waals surface area contributed by atoms with Gasteiger partial charge in [-0.25, -0.2) is 0 Å². The van der Waals surface area contributed by atoms with Gasteiger partial charge in [0.2, 0.25) is 0 Å². The largest absolute Gasteiger partial charge is 0.501 e. The van der Waals surface area contributed by atoms with E-state index in [-0.39, 0.29) is 60.3 Å². The second kappa shape index (κ2) is 25.6. The van der Waals surface area contributed by atoms with Gasteiger partial charge in [-0.3, -0.25) is 4.98 Å². The van der Waals surface area contributed by atoms with Crippen LogP contribution in [0.3, 0.4) is 0 Å². The summed E-state index contributed by atoms with van der Waals surface area (Å²) in [4.78, 5) is 23.2. The number of furan rings is 3. The van der Waals surface area contributed by atoms with Crippen LogP contribution in [0, 0.1) is 38.1 Å². The van der Waals surface area contributed by atoms with E-state index in [9.17, 15) is 0 Å². The Labute approximate surface area is 530 Å². The zero-order chi connectivity index (χ0) is 56.1. The van der Waals surface area contributed by atoms with Crippen LogP contribution in [0.2, 0.25) is 52.4 Å². The summed E-state index contributed by atoms with van der Waals surface area (Å²) < 4.78 is 18.0. The van der Waals surface area contributed by atoms with E-state index in [2.05, 4.69) is 203 Å². The van der Waals surface area contributed by atoms with Crippen molar-refractivity contribution in [3.63, 3.8) is 0 Å². The Morgan fingerprint density at radius 1 is 0.494 bits per heavy atom. The van der Waals surface area contributed by atoms with Crippen molar-refractivity contribution in [2.75, 3.05) is 0 Å². The molecule has 427 valence electrons. The molecule has 8 heterocycles. The van der Waals surface area contributed by atoms with E-state index < -0.39 is 24.2 Å². The van der Waals surface area contributed by atoms with E-state index in [1.165, 1.54) is 26.3 Å². The molecule has 0 saturated carbocycles. The van der Waals surface area contributed by atoms with Crippen molar-refractivity contribution in [2.45, 2.75) is 86.5 Å². The monoisotopic (exact) mass is 1680 g/mol. The van der Waals surface area contributed by atoms with Gasteiger partial charge in [-0.2, -0.15) is 0 Å². The molecule has 3 radical (unpaired) electrons. The molecule has 0 saturated heterocycles. The molecule has 14 heteroatoms. The molecule has 0 aliphatic rings. The topological polar surface area (TPSA) is 104 Å². The number of pyridine rings is 5. The molecule has 0 spiro atoms. The van der Waals surface area contributed by atoms with Crippen LogP contribution in [0.25, 0.3) is 99.7 Å². The molecule has 83 heavy (non-hydrogen) atoms. The van der Waals surface area contributed by atoms with Crippen LogP contribution in [-0.4, -0.2) is 49.1 Å². The molecule has 0 aliphatic heterocycles. The van der Waals surface area contributed by atoms with Crippen LogP contribution in [0.15, 0.2) is 177 Å². The Morgan fingerprint density at radius 2 is 1.11 bits per heavy atom. The minimum atomic E-state index is -1.76. The van der Waals surface area contributed by atoms with Crippen molar-refractivity contribution in [1.82, 2.24) is 24.9 Å². The summed E-state index contributed by atoms with van der Waals surface area (Å²) in [6.07, 6.45) is 10.3. The summed E-state index contributed by atoms with van der Waals surface area (Å²) in [5.41, 5.74) is 13.9. The third kappa shape index (κ3) is 13.2. The van der Waals surface area contributed by atoms with Gasteiger partial charge in [0.05, 0.1) is 33.0 Å². The van der Waals surface area contributed by atoms with Crippen LogP contribution in [0.4, 0.5) is 0 Å². The first-order chi connectivity index (χ1) is 38.3. The SMILES string of the molecule is CC(C)Cc1cc(-c2[c-]nc3oc4ccccc4c3c2)ncc1[Si](C)(C)C.C[Si](C)(c1ccccc1)c1ccc(-c2[c-]ccc3c2oc2ccccc23)nc1.Cc1cc2c(oc3c[c-]c(-c4ccc([Si](C)(C)C)cn4)cc32)c(C)n1.[Ir].[Ir].[Ir]. The Hall–Kier alpha value is -6.15. The molecule has 0 aliphatic carbocycles. The van der Waals surface area contributed by atoms with E-state index >= 15 is 0 Å². The maximum atomic E-state index is 6.14. The molecule has 13 aromatic rings. The smallest absolute Gasteiger partial charge is 0.142 e. The van der Waals surface area contributed by atoms with E-state index in [0.717, 1.165) is 112 Å². The summed E-state index contributed by atoms with van der Waals surface area (Å²) in [6, 6.07) is 56.7. The standard InChI is InChI=1S/C25H20NOSi.C23H25N2OSi.C21H21N2OSi.3Ir/c1-28(2,18-9-4-3-5-10-18)19-15-16-23(26-17-19)22-13-8-12-21-20-11-6-7-14-24(20)27-25(21)22;1-15(2)10-16-12-20(24-14-22(16)27(3,4)5)17-11-19-18-8-6-7-9-21(18)26-23(19)25-13-17;1-13-10-18-17-11-15(6-9-20(17)24-21(18)14(2)23-13)19-8-7-16(12-22-19)25(3,4)5;;;/h3-12,14-17H,1-2H3;6-9,11-12,14-15H,10H2,1-5H3;7-12H,1-5H3;;;/q3*-1;;;. The fourth-order valence-corrected chi connectivity index (χ4v) is 15.5. The number of aromatic nitrogens is 5. The second-order valence-corrected chi connectivity index (χ2v) is 38.4. The first-order valence-corrected chi connectivity index (χ1v) is 37.5. The predicted molar refractivity (Wildman–Crippen MR) is 340 cm³/mol. The molecule has 0 atom stereocenters. The average molecular weight is 1670 g/mol.